The van der Waals surface area contributed by atoms with E-state index in [1.807, 2.05) is 0 Å². The number of aromatic carboxylic acids is 1. The fourth-order valence-electron chi connectivity index (χ4n) is 1.59. The van der Waals surface area contributed by atoms with Crippen LogP contribution in [0.15, 0.2) is 24.3 Å². The first-order valence-electron chi connectivity index (χ1n) is 6.01. The zero-order chi connectivity index (χ0) is 15.9. The topological polar surface area (TPSA) is 121 Å². The number of para-hydroxylation sites is 1. The van der Waals surface area contributed by atoms with Crippen molar-refractivity contribution in [2.45, 2.75) is 39.5 Å². The Balaban J connectivity index is 0.000000361. The average Bonchev–Trinajstić information content (AvgIpc) is 2.27. The Labute approximate surface area is 117 Å². The number of hydrogen-bond acceptors (Lipinski definition) is 6. The molecule has 1 rings (SSSR count). The van der Waals surface area contributed by atoms with Crippen LogP contribution in [0.5, 0.6) is 5.75 Å². The molecule has 0 heterocycles. The van der Waals surface area contributed by atoms with E-state index in [4.69, 9.17) is 25.5 Å². The zero-order valence-electron chi connectivity index (χ0n) is 11.6. The highest BCUT2D eigenvalue weighted by Crippen LogP contribution is 2.14. The standard InChI is InChI=1S/C7H6O3.C6H15NO3/c8-6-4-2-1-3-5(6)7(9)10;1-4(8)7(5(2)9)6(3)10/h1-4,8H,(H,9,10);4-6,8-10H,1-3H3. The quantitative estimate of drug-likeness (QED) is 0.508. The molecule has 0 aliphatic heterocycles. The molecule has 0 spiro atoms. The SMILES string of the molecule is CC(O)N(C(C)O)C(C)O.O=C(O)c1ccccc1O. The van der Waals surface area contributed by atoms with Crippen molar-refractivity contribution in [3.63, 3.8) is 0 Å². The van der Waals surface area contributed by atoms with Gasteiger partial charge in [-0.1, -0.05) is 12.1 Å². The first-order valence-corrected chi connectivity index (χ1v) is 6.01. The lowest BCUT2D eigenvalue weighted by molar-refractivity contribution is -0.159. The molecule has 0 aromatic heterocycles. The maximum atomic E-state index is 10.3. The van der Waals surface area contributed by atoms with E-state index in [-0.39, 0.29) is 11.3 Å². The van der Waals surface area contributed by atoms with E-state index in [0.717, 1.165) is 0 Å². The summed E-state index contributed by atoms with van der Waals surface area (Å²) in [7, 11) is 0. The number of aromatic hydroxyl groups is 1. The molecule has 0 saturated heterocycles. The van der Waals surface area contributed by atoms with Gasteiger partial charge in [-0.2, -0.15) is 0 Å². The minimum absolute atomic E-state index is 0.0671. The number of carboxylic acid groups (broad SMARTS) is 1. The van der Waals surface area contributed by atoms with Crippen LogP contribution in [-0.4, -0.2) is 55.1 Å². The van der Waals surface area contributed by atoms with E-state index < -0.39 is 24.7 Å². The first-order chi connectivity index (χ1) is 9.18. The van der Waals surface area contributed by atoms with Gasteiger partial charge < -0.3 is 25.5 Å². The van der Waals surface area contributed by atoms with Gasteiger partial charge in [0, 0.05) is 0 Å². The minimum atomic E-state index is -1.11. The lowest BCUT2D eigenvalue weighted by atomic mass is 10.2. The third-order valence-electron chi connectivity index (χ3n) is 2.43. The van der Waals surface area contributed by atoms with Crippen LogP contribution in [0, 0.1) is 0 Å². The van der Waals surface area contributed by atoms with Gasteiger partial charge in [0.2, 0.25) is 0 Å². The predicted molar refractivity (Wildman–Crippen MR) is 71.9 cm³/mol. The number of hydrogen-bond donors (Lipinski definition) is 5. The Morgan fingerprint density at radius 1 is 1.00 bits per heavy atom. The molecular weight excluding hydrogens is 266 g/mol. The summed E-state index contributed by atoms with van der Waals surface area (Å²) in [6.45, 7) is 4.46. The molecule has 0 aliphatic carbocycles. The maximum Gasteiger partial charge on any atom is 0.339 e. The summed E-state index contributed by atoms with van der Waals surface area (Å²) in [6.07, 6.45) is -2.50. The van der Waals surface area contributed by atoms with Crippen molar-refractivity contribution in [3.8, 4) is 5.75 Å². The molecule has 0 saturated carbocycles. The average molecular weight is 287 g/mol. The number of benzene rings is 1. The molecule has 0 amide bonds. The third kappa shape index (κ3) is 5.98. The molecular formula is C13H21NO6. The Kier molecular flexibility index (Phi) is 7.78. The van der Waals surface area contributed by atoms with Gasteiger partial charge in [-0.25, -0.2) is 9.69 Å². The van der Waals surface area contributed by atoms with Crippen molar-refractivity contribution in [2.75, 3.05) is 0 Å². The van der Waals surface area contributed by atoms with E-state index >= 15 is 0 Å². The van der Waals surface area contributed by atoms with Gasteiger partial charge in [-0.3, -0.25) is 0 Å². The van der Waals surface area contributed by atoms with Crippen LogP contribution in [0.25, 0.3) is 0 Å². The Hall–Kier alpha value is -1.67. The van der Waals surface area contributed by atoms with E-state index in [1.54, 1.807) is 12.1 Å². The molecule has 5 N–H and O–H groups in total. The second-order valence-corrected chi connectivity index (χ2v) is 4.17. The highest BCUT2D eigenvalue weighted by Gasteiger charge is 2.20. The van der Waals surface area contributed by atoms with Gasteiger partial charge >= 0.3 is 5.97 Å². The maximum absolute atomic E-state index is 10.3. The van der Waals surface area contributed by atoms with E-state index in [9.17, 15) is 4.79 Å². The number of aliphatic hydroxyl groups is 3. The predicted octanol–water partition coefficient (Wildman–Crippen LogP) is 0.394. The van der Waals surface area contributed by atoms with E-state index in [1.165, 1.54) is 37.8 Å². The Bertz CT molecular complexity index is 400. The normalized spacial score (nSPS) is 14.9. The Morgan fingerprint density at radius 2 is 1.40 bits per heavy atom. The fourth-order valence-corrected chi connectivity index (χ4v) is 1.59. The smallest absolute Gasteiger partial charge is 0.339 e. The number of carbonyl (C=O) groups is 1. The monoisotopic (exact) mass is 287 g/mol. The molecule has 7 nitrogen and oxygen atoms in total. The first kappa shape index (κ1) is 18.3. The summed E-state index contributed by atoms with van der Waals surface area (Å²) >= 11 is 0. The van der Waals surface area contributed by atoms with Gasteiger partial charge in [0.25, 0.3) is 0 Å². The number of aliphatic hydroxyl groups excluding tert-OH is 3. The summed E-state index contributed by atoms with van der Waals surface area (Å²) in [4.78, 5) is 11.4. The molecule has 1 aromatic carbocycles. The second kappa shape index (κ2) is 8.49. The van der Waals surface area contributed by atoms with Crippen LogP contribution < -0.4 is 0 Å². The van der Waals surface area contributed by atoms with Crippen molar-refractivity contribution in [3.05, 3.63) is 29.8 Å². The van der Waals surface area contributed by atoms with Gasteiger partial charge in [0.15, 0.2) is 0 Å². The highest BCUT2D eigenvalue weighted by atomic mass is 16.4. The minimum Gasteiger partial charge on any atom is -0.507 e. The molecule has 0 fully saturated rings. The van der Waals surface area contributed by atoms with Crippen LogP contribution in [0.4, 0.5) is 0 Å². The fraction of sp³-hybridized carbons (Fsp3) is 0.462. The van der Waals surface area contributed by atoms with Crippen LogP contribution in [0.2, 0.25) is 0 Å². The van der Waals surface area contributed by atoms with Gasteiger partial charge in [-0.05, 0) is 32.9 Å². The molecule has 3 unspecified atom stereocenters. The highest BCUT2D eigenvalue weighted by molar-refractivity contribution is 5.90. The number of rotatable bonds is 4. The summed E-state index contributed by atoms with van der Waals surface area (Å²) in [5.41, 5.74) is -0.0671. The van der Waals surface area contributed by atoms with Gasteiger partial charge in [-0.15, -0.1) is 0 Å². The van der Waals surface area contributed by atoms with Crippen LogP contribution in [-0.2, 0) is 0 Å². The molecule has 0 radical (unpaired) electrons. The van der Waals surface area contributed by atoms with Crippen molar-refractivity contribution in [2.24, 2.45) is 0 Å². The van der Waals surface area contributed by atoms with Crippen molar-refractivity contribution >= 4 is 5.97 Å². The number of carboxylic acids is 1. The van der Waals surface area contributed by atoms with Crippen LogP contribution in [0.3, 0.4) is 0 Å². The lowest BCUT2D eigenvalue weighted by Gasteiger charge is -2.30. The van der Waals surface area contributed by atoms with Crippen molar-refractivity contribution < 1.29 is 30.3 Å². The molecule has 7 heteroatoms. The molecule has 0 bridgehead atoms. The lowest BCUT2D eigenvalue weighted by Crippen LogP contribution is -2.45. The van der Waals surface area contributed by atoms with Crippen molar-refractivity contribution in [1.82, 2.24) is 4.90 Å². The van der Waals surface area contributed by atoms with Crippen LogP contribution in [0.1, 0.15) is 31.1 Å². The zero-order valence-corrected chi connectivity index (χ0v) is 11.6. The van der Waals surface area contributed by atoms with E-state index in [2.05, 4.69) is 0 Å². The second-order valence-electron chi connectivity index (χ2n) is 4.17. The molecule has 114 valence electrons. The summed E-state index contributed by atoms with van der Waals surface area (Å²) in [5, 5.41) is 44.2. The number of phenols is 1. The molecule has 0 aliphatic rings. The molecule has 20 heavy (non-hydrogen) atoms. The summed E-state index contributed by atoms with van der Waals surface area (Å²) in [5.74, 6) is -1.31. The Morgan fingerprint density at radius 3 is 1.60 bits per heavy atom. The molecule has 1 aromatic rings. The van der Waals surface area contributed by atoms with Gasteiger partial charge in [0.1, 0.15) is 30.0 Å². The summed E-state index contributed by atoms with van der Waals surface area (Å²) in [6, 6.07) is 5.81. The van der Waals surface area contributed by atoms with Crippen LogP contribution >= 0.6 is 0 Å². The molecule has 3 atom stereocenters. The van der Waals surface area contributed by atoms with Gasteiger partial charge in [0.05, 0.1) is 0 Å². The van der Waals surface area contributed by atoms with Crippen molar-refractivity contribution in [1.29, 1.82) is 0 Å². The van der Waals surface area contributed by atoms with E-state index in [0.29, 0.717) is 0 Å². The third-order valence-corrected chi connectivity index (χ3v) is 2.43. The summed E-state index contributed by atoms with van der Waals surface area (Å²) < 4.78 is 0. The number of nitrogens with zero attached hydrogens (tertiary/aromatic N) is 1. The largest absolute Gasteiger partial charge is 0.507 e.